The minimum absolute atomic E-state index is 0.0191. The van der Waals surface area contributed by atoms with Gasteiger partial charge in [-0.25, -0.2) is 0 Å². The smallest absolute Gasteiger partial charge is 0.278 e. The van der Waals surface area contributed by atoms with Crippen LogP contribution in [0.1, 0.15) is 58.4 Å². The predicted molar refractivity (Wildman–Crippen MR) is 132 cm³/mol. The average molecular weight is 447 g/mol. The monoisotopic (exact) mass is 446 g/mol. The number of likely N-dealkylation sites (N-methyl/N-ethyl adjacent to an activating group) is 1. The summed E-state index contributed by atoms with van der Waals surface area (Å²) in [6.07, 6.45) is 5.06. The Morgan fingerprint density at radius 3 is 2.21 bits per heavy atom. The number of imide groups is 1. The highest BCUT2D eigenvalue weighted by Crippen LogP contribution is 2.38. The third-order valence-electron chi connectivity index (χ3n) is 6.41. The first-order valence-electron chi connectivity index (χ1n) is 12.2. The molecule has 0 spiro atoms. The van der Waals surface area contributed by atoms with Gasteiger partial charge in [0.05, 0.1) is 12.2 Å². The van der Waals surface area contributed by atoms with Crippen molar-refractivity contribution in [3.63, 3.8) is 0 Å². The highest BCUT2D eigenvalue weighted by Gasteiger charge is 2.45. The maximum atomic E-state index is 13.8. The zero-order valence-electron chi connectivity index (χ0n) is 19.9. The number of carbonyl (C=O) groups excluding carboxylic acids is 2. The van der Waals surface area contributed by atoms with Crippen LogP contribution in [0.15, 0.2) is 60.3 Å². The Morgan fingerprint density at radius 1 is 0.939 bits per heavy atom. The molecule has 5 heteroatoms. The van der Waals surface area contributed by atoms with Gasteiger partial charge in [0.15, 0.2) is 0 Å². The van der Waals surface area contributed by atoms with Crippen LogP contribution < -0.4 is 9.64 Å². The average Bonchev–Trinajstić information content (AvgIpc) is 3.09. The second-order valence-electron chi connectivity index (χ2n) is 9.30. The number of amides is 2. The molecule has 2 amide bonds. The summed E-state index contributed by atoms with van der Waals surface area (Å²) in [5.41, 5.74) is 2.64. The highest BCUT2D eigenvalue weighted by atomic mass is 16.5. The minimum Gasteiger partial charge on any atom is -0.493 e. The van der Waals surface area contributed by atoms with Crippen molar-refractivity contribution in [3.8, 4) is 5.75 Å². The van der Waals surface area contributed by atoms with Crippen molar-refractivity contribution >= 4 is 23.1 Å². The third-order valence-corrected chi connectivity index (χ3v) is 6.41. The van der Waals surface area contributed by atoms with Crippen LogP contribution >= 0.6 is 0 Å². The Hall–Kier alpha value is -3.08. The fourth-order valence-electron chi connectivity index (χ4n) is 4.77. The van der Waals surface area contributed by atoms with Crippen molar-refractivity contribution in [3.05, 3.63) is 65.9 Å². The van der Waals surface area contributed by atoms with E-state index in [4.69, 9.17) is 4.74 Å². The fraction of sp³-hybridized carbons (Fsp3) is 0.429. The molecule has 33 heavy (non-hydrogen) atoms. The first-order chi connectivity index (χ1) is 16.0. The number of hydrogen-bond donors (Lipinski definition) is 0. The lowest BCUT2D eigenvalue weighted by Gasteiger charge is -2.31. The standard InChI is InChI=1S/C28H34N2O3/c1-4-29(22-11-7-5-8-12-22)26-25(21-15-17-24(18-16-21)33-19-20(2)3)27(31)30(28(26)32)23-13-9-6-10-14-23/h5,7-8,11-12,15-18,20,23H,4,6,9-10,13-14,19H2,1-3H3. The molecule has 0 unspecified atom stereocenters. The zero-order chi connectivity index (χ0) is 23.4. The zero-order valence-corrected chi connectivity index (χ0v) is 19.9. The van der Waals surface area contributed by atoms with Crippen molar-refractivity contribution in [2.24, 2.45) is 5.92 Å². The van der Waals surface area contributed by atoms with E-state index in [0.29, 0.717) is 30.3 Å². The topological polar surface area (TPSA) is 49.9 Å². The van der Waals surface area contributed by atoms with Crippen LogP contribution in [0.5, 0.6) is 5.75 Å². The lowest BCUT2D eigenvalue weighted by Crippen LogP contribution is -2.43. The van der Waals surface area contributed by atoms with E-state index in [0.717, 1.165) is 42.7 Å². The van der Waals surface area contributed by atoms with Crippen LogP contribution in [0.3, 0.4) is 0 Å². The first kappa shape index (κ1) is 23.1. The van der Waals surface area contributed by atoms with Crippen LogP contribution in [-0.2, 0) is 9.59 Å². The van der Waals surface area contributed by atoms with Crippen molar-refractivity contribution in [2.75, 3.05) is 18.1 Å². The van der Waals surface area contributed by atoms with Crippen molar-refractivity contribution in [1.82, 2.24) is 4.90 Å². The Balaban J connectivity index is 1.75. The molecule has 0 aromatic heterocycles. The van der Waals surface area contributed by atoms with Crippen molar-refractivity contribution in [2.45, 2.75) is 58.9 Å². The van der Waals surface area contributed by atoms with Crippen molar-refractivity contribution < 1.29 is 14.3 Å². The lowest BCUT2D eigenvalue weighted by atomic mass is 9.94. The van der Waals surface area contributed by atoms with Gasteiger partial charge in [-0.1, -0.05) is 63.4 Å². The largest absolute Gasteiger partial charge is 0.493 e. The van der Waals surface area contributed by atoms with Gasteiger partial charge in [-0.2, -0.15) is 0 Å². The van der Waals surface area contributed by atoms with Gasteiger partial charge in [-0.05, 0) is 55.5 Å². The molecule has 4 rings (SSSR count). The van der Waals surface area contributed by atoms with E-state index in [1.165, 1.54) is 6.42 Å². The van der Waals surface area contributed by atoms with E-state index in [1.807, 2.05) is 66.4 Å². The van der Waals surface area contributed by atoms with Crippen LogP contribution in [0.4, 0.5) is 5.69 Å². The quantitative estimate of drug-likeness (QED) is 0.491. The summed E-state index contributed by atoms with van der Waals surface area (Å²) in [6, 6.07) is 17.4. The summed E-state index contributed by atoms with van der Waals surface area (Å²) in [6.45, 7) is 7.46. The number of hydrogen-bond acceptors (Lipinski definition) is 4. The summed E-state index contributed by atoms with van der Waals surface area (Å²) >= 11 is 0. The molecule has 0 atom stereocenters. The molecule has 1 aliphatic heterocycles. The molecule has 0 saturated heterocycles. The van der Waals surface area contributed by atoms with Gasteiger partial charge in [0.2, 0.25) is 0 Å². The second-order valence-corrected chi connectivity index (χ2v) is 9.30. The molecule has 1 aliphatic carbocycles. The van der Waals surface area contributed by atoms with Gasteiger partial charge in [0, 0.05) is 18.3 Å². The van der Waals surface area contributed by atoms with Gasteiger partial charge in [-0.3, -0.25) is 14.5 Å². The molecule has 1 saturated carbocycles. The number of benzene rings is 2. The normalized spacial score (nSPS) is 17.3. The van der Waals surface area contributed by atoms with E-state index < -0.39 is 0 Å². The molecule has 0 radical (unpaired) electrons. The van der Waals surface area contributed by atoms with Gasteiger partial charge in [0.1, 0.15) is 11.4 Å². The van der Waals surface area contributed by atoms with E-state index >= 15 is 0 Å². The molecular formula is C28H34N2O3. The summed E-state index contributed by atoms with van der Waals surface area (Å²) in [5.74, 6) is 0.854. The van der Waals surface area contributed by atoms with Gasteiger partial charge < -0.3 is 9.64 Å². The van der Waals surface area contributed by atoms with Crippen LogP contribution in [0, 0.1) is 5.92 Å². The van der Waals surface area contributed by atoms with Gasteiger partial charge >= 0.3 is 0 Å². The summed E-state index contributed by atoms with van der Waals surface area (Å²) in [5, 5.41) is 0. The van der Waals surface area contributed by atoms with Crippen LogP contribution in [0.2, 0.25) is 0 Å². The third kappa shape index (κ3) is 4.82. The Labute approximate surface area is 197 Å². The molecule has 2 aliphatic rings. The van der Waals surface area contributed by atoms with Crippen LogP contribution in [0.25, 0.3) is 5.57 Å². The van der Waals surface area contributed by atoms with Crippen LogP contribution in [-0.4, -0.2) is 35.9 Å². The fourth-order valence-corrected chi connectivity index (χ4v) is 4.77. The second kappa shape index (κ2) is 10.2. The number of ether oxygens (including phenoxy) is 1. The molecule has 0 bridgehead atoms. The molecule has 1 fully saturated rings. The molecule has 2 aromatic rings. The Bertz CT molecular complexity index is 1010. The molecule has 0 N–H and O–H groups in total. The maximum absolute atomic E-state index is 13.8. The number of para-hydroxylation sites is 1. The molecular weight excluding hydrogens is 412 g/mol. The van der Waals surface area contributed by atoms with Crippen molar-refractivity contribution in [1.29, 1.82) is 0 Å². The number of nitrogens with zero attached hydrogens (tertiary/aromatic N) is 2. The van der Waals surface area contributed by atoms with Gasteiger partial charge in [-0.15, -0.1) is 0 Å². The summed E-state index contributed by atoms with van der Waals surface area (Å²) in [7, 11) is 0. The van der Waals surface area contributed by atoms with E-state index in [2.05, 4.69) is 13.8 Å². The minimum atomic E-state index is -0.174. The predicted octanol–water partition coefficient (Wildman–Crippen LogP) is 5.66. The molecule has 1 heterocycles. The summed E-state index contributed by atoms with van der Waals surface area (Å²) < 4.78 is 5.83. The lowest BCUT2D eigenvalue weighted by molar-refractivity contribution is -0.140. The maximum Gasteiger partial charge on any atom is 0.278 e. The highest BCUT2D eigenvalue weighted by molar-refractivity contribution is 6.36. The summed E-state index contributed by atoms with van der Waals surface area (Å²) in [4.78, 5) is 31.1. The van der Waals surface area contributed by atoms with E-state index in [-0.39, 0.29) is 17.9 Å². The molecule has 5 nitrogen and oxygen atoms in total. The SMILES string of the molecule is CCN(C1=C(c2ccc(OCC(C)C)cc2)C(=O)N(C2CCCCC2)C1=O)c1ccccc1. The molecule has 2 aromatic carbocycles. The Kier molecular flexibility index (Phi) is 7.17. The van der Waals surface area contributed by atoms with Gasteiger partial charge in [0.25, 0.3) is 11.8 Å². The number of rotatable bonds is 8. The Morgan fingerprint density at radius 2 is 1.61 bits per heavy atom. The van der Waals surface area contributed by atoms with E-state index in [1.54, 1.807) is 4.90 Å². The number of anilines is 1. The number of carbonyl (C=O) groups is 2. The molecule has 174 valence electrons. The first-order valence-corrected chi connectivity index (χ1v) is 12.2. The van der Waals surface area contributed by atoms with E-state index in [9.17, 15) is 9.59 Å².